The Morgan fingerprint density at radius 3 is 2.50 bits per heavy atom. The van der Waals surface area contributed by atoms with Crippen LogP contribution in [0.25, 0.3) is 6.08 Å². The van der Waals surface area contributed by atoms with E-state index in [-0.39, 0.29) is 17.2 Å². The normalized spacial score (nSPS) is 14.9. The number of fused-ring (bicyclic) bond motifs is 1. The van der Waals surface area contributed by atoms with E-state index in [1.807, 2.05) is 13.8 Å². The maximum absolute atomic E-state index is 14.1. The second-order valence-electron chi connectivity index (χ2n) is 9.22. The smallest absolute Gasteiger partial charge is 0.271 e. The Bertz CT molecular complexity index is 1880. The van der Waals surface area contributed by atoms with Gasteiger partial charge in [0.2, 0.25) is 0 Å². The minimum Gasteiger partial charge on any atom is -0.339 e. The molecule has 1 atom stereocenters. The number of carbonyl (C=O) groups excluding carboxylic acids is 1. The molecular formula is C29H25ClN6O4S2. The minimum absolute atomic E-state index is 0.116. The van der Waals surface area contributed by atoms with Crippen LogP contribution in [0.1, 0.15) is 37.9 Å². The number of nitro benzene ring substituents is 1. The van der Waals surface area contributed by atoms with Crippen LogP contribution in [0.5, 0.6) is 0 Å². The number of hydrogen-bond donors (Lipinski definition) is 0. The van der Waals surface area contributed by atoms with Gasteiger partial charge in [-0.25, -0.2) is 15.0 Å². The molecule has 0 saturated carbocycles. The number of nitro groups is 1. The minimum atomic E-state index is -0.731. The van der Waals surface area contributed by atoms with E-state index in [0.717, 1.165) is 11.3 Å². The lowest BCUT2D eigenvalue weighted by Gasteiger charge is -2.29. The van der Waals surface area contributed by atoms with Crippen LogP contribution < -0.4 is 14.9 Å². The molecule has 0 radical (unpaired) electrons. The number of thiazole rings is 1. The highest BCUT2D eigenvalue weighted by atomic mass is 35.5. The molecule has 5 rings (SSSR count). The first-order chi connectivity index (χ1) is 20.2. The molecule has 0 unspecified atom stereocenters. The van der Waals surface area contributed by atoms with Crippen molar-refractivity contribution < 1.29 is 9.72 Å². The summed E-state index contributed by atoms with van der Waals surface area (Å²) in [5.74, 6) is -0.198. The summed E-state index contributed by atoms with van der Waals surface area (Å²) in [5.41, 5.74) is 1.62. The summed E-state index contributed by atoms with van der Waals surface area (Å²) in [6, 6.07) is 12.4. The van der Waals surface area contributed by atoms with Gasteiger partial charge in [0.05, 0.1) is 26.8 Å². The number of allylic oxidation sites excluding steroid dienone is 1. The van der Waals surface area contributed by atoms with Crippen LogP contribution in [0.2, 0.25) is 5.02 Å². The summed E-state index contributed by atoms with van der Waals surface area (Å²) >= 11 is 8.56. The molecule has 0 bridgehead atoms. The molecule has 1 aliphatic rings. The summed E-state index contributed by atoms with van der Waals surface area (Å²) in [6.07, 6.45) is 4.83. The summed E-state index contributed by atoms with van der Waals surface area (Å²) in [4.78, 5) is 54.9. The molecule has 0 N–H and O–H groups in total. The second-order valence-corrected chi connectivity index (χ2v) is 11.7. The number of hydrogen-bond acceptors (Lipinski definition) is 9. The summed E-state index contributed by atoms with van der Waals surface area (Å²) in [7, 11) is 0. The number of rotatable bonds is 8. The average molecular weight is 621 g/mol. The van der Waals surface area contributed by atoms with E-state index in [4.69, 9.17) is 11.6 Å². The highest BCUT2D eigenvalue weighted by Gasteiger charge is 2.34. The van der Waals surface area contributed by atoms with Crippen LogP contribution in [0.15, 0.2) is 92.0 Å². The number of halogens is 1. The van der Waals surface area contributed by atoms with Crippen molar-refractivity contribution in [3.8, 4) is 0 Å². The number of likely N-dealkylation sites (N-methyl/N-ethyl adjacent to an activating group) is 1. The predicted octanol–water partition coefficient (Wildman–Crippen LogP) is 4.61. The van der Waals surface area contributed by atoms with Crippen molar-refractivity contribution in [3.63, 3.8) is 0 Å². The number of nitrogens with zero attached hydrogens (tertiary/aromatic N) is 6. The lowest BCUT2D eigenvalue weighted by Crippen LogP contribution is -2.43. The van der Waals surface area contributed by atoms with Crippen molar-refractivity contribution in [1.29, 1.82) is 0 Å². The molecule has 214 valence electrons. The largest absolute Gasteiger partial charge is 0.339 e. The lowest BCUT2D eigenvalue weighted by molar-refractivity contribution is -0.384. The first-order valence-electron chi connectivity index (χ1n) is 13.0. The van der Waals surface area contributed by atoms with Crippen LogP contribution >= 0.6 is 34.7 Å². The van der Waals surface area contributed by atoms with Gasteiger partial charge >= 0.3 is 0 Å². The molecule has 4 aromatic rings. The van der Waals surface area contributed by atoms with Crippen LogP contribution in [0, 0.1) is 10.1 Å². The van der Waals surface area contributed by atoms with Gasteiger partial charge in [0, 0.05) is 47.5 Å². The summed E-state index contributed by atoms with van der Waals surface area (Å²) in [6.45, 7) is 6.58. The molecule has 13 heteroatoms. The molecule has 0 saturated heterocycles. The predicted molar refractivity (Wildman–Crippen MR) is 162 cm³/mol. The van der Waals surface area contributed by atoms with Gasteiger partial charge in [-0.1, -0.05) is 35.1 Å². The van der Waals surface area contributed by atoms with Crippen molar-refractivity contribution in [2.45, 2.75) is 36.9 Å². The Hall–Kier alpha value is -4.13. The Kier molecular flexibility index (Phi) is 8.66. The van der Waals surface area contributed by atoms with Crippen LogP contribution in [0.3, 0.4) is 0 Å². The van der Waals surface area contributed by atoms with E-state index in [2.05, 4.69) is 15.0 Å². The third-order valence-electron chi connectivity index (χ3n) is 6.72. The highest BCUT2D eigenvalue weighted by Crippen LogP contribution is 2.33. The van der Waals surface area contributed by atoms with Gasteiger partial charge in [0.25, 0.3) is 17.2 Å². The van der Waals surface area contributed by atoms with Gasteiger partial charge in [-0.2, -0.15) is 0 Å². The van der Waals surface area contributed by atoms with Crippen LogP contribution in [-0.4, -0.2) is 43.4 Å². The Balaban J connectivity index is 1.71. The first-order valence-corrected chi connectivity index (χ1v) is 15.0. The molecule has 3 heterocycles. The van der Waals surface area contributed by atoms with Crippen LogP contribution in [-0.2, 0) is 4.79 Å². The van der Waals surface area contributed by atoms with E-state index >= 15 is 0 Å². The molecular weight excluding hydrogens is 596 g/mol. The number of benzene rings is 2. The lowest BCUT2D eigenvalue weighted by atomic mass is 9.94. The number of aromatic nitrogens is 3. The van der Waals surface area contributed by atoms with Gasteiger partial charge in [-0.15, -0.1) is 0 Å². The van der Waals surface area contributed by atoms with Gasteiger partial charge in [0.15, 0.2) is 9.96 Å². The van der Waals surface area contributed by atoms with Crippen molar-refractivity contribution >= 4 is 52.4 Å². The van der Waals surface area contributed by atoms with Gasteiger partial charge in [-0.3, -0.25) is 24.3 Å². The zero-order valence-electron chi connectivity index (χ0n) is 22.9. The maximum atomic E-state index is 14.1. The molecule has 0 spiro atoms. The maximum Gasteiger partial charge on any atom is 0.271 e. The second kappa shape index (κ2) is 12.4. The monoisotopic (exact) mass is 620 g/mol. The fourth-order valence-corrected chi connectivity index (χ4v) is 6.63. The molecule has 2 aromatic carbocycles. The third kappa shape index (κ3) is 5.78. The van der Waals surface area contributed by atoms with Crippen molar-refractivity contribution in [1.82, 2.24) is 19.4 Å². The fraction of sp³-hybridized carbons (Fsp3) is 0.207. The van der Waals surface area contributed by atoms with Crippen molar-refractivity contribution in [2.75, 3.05) is 13.1 Å². The standard InChI is InChI=1S/C29H25ClN6O4S2/c1-4-34(5-2)27(38)24-17(3)33-29-35(25(24)18-7-9-20(30)10-8-18)26(37)23(42-29)16-19-15-21(36(39)40)11-12-22(19)41-28-31-13-6-14-32-28/h6-16,25H,4-5H2,1-3H3/b23-16-/t25-/m0/s1. The van der Waals surface area contributed by atoms with Gasteiger partial charge < -0.3 is 4.90 Å². The third-order valence-corrected chi connectivity index (χ3v) is 8.94. The SMILES string of the molecule is CCN(CC)C(=O)C1=C(C)N=c2s/c(=C\c3cc([N+](=O)[O-])ccc3Sc3ncccn3)c(=O)n2[C@H]1c1ccc(Cl)cc1. The van der Waals surface area contributed by atoms with E-state index < -0.39 is 11.0 Å². The average Bonchev–Trinajstić information content (AvgIpc) is 3.28. The van der Waals surface area contributed by atoms with Gasteiger partial charge in [0.1, 0.15) is 0 Å². The van der Waals surface area contributed by atoms with Crippen molar-refractivity contribution in [3.05, 3.63) is 118 Å². The molecule has 1 aliphatic heterocycles. The highest BCUT2D eigenvalue weighted by molar-refractivity contribution is 7.99. The molecule has 42 heavy (non-hydrogen) atoms. The van der Waals surface area contributed by atoms with Crippen molar-refractivity contribution in [2.24, 2.45) is 4.99 Å². The van der Waals surface area contributed by atoms with Crippen LogP contribution in [0.4, 0.5) is 5.69 Å². The Labute approximate surface area is 253 Å². The Morgan fingerprint density at radius 2 is 1.86 bits per heavy atom. The molecule has 0 aliphatic carbocycles. The van der Waals surface area contributed by atoms with E-state index in [1.165, 1.54) is 28.5 Å². The number of non-ortho nitro benzene ring substituents is 1. The zero-order valence-corrected chi connectivity index (χ0v) is 25.2. The fourth-order valence-electron chi connectivity index (χ4n) is 4.67. The van der Waals surface area contributed by atoms with Gasteiger partial charge in [-0.05, 0) is 74.0 Å². The number of carbonyl (C=O) groups is 1. The molecule has 0 fully saturated rings. The number of amides is 1. The van der Waals surface area contributed by atoms with E-state index in [9.17, 15) is 19.7 Å². The van der Waals surface area contributed by atoms with E-state index in [0.29, 0.717) is 59.9 Å². The quantitative estimate of drug-likeness (QED) is 0.160. The molecule has 2 aromatic heterocycles. The van der Waals surface area contributed by atoms with E-state index in [1.54, 1.807) is 66.7 Å². The molecule has 1 amide bonds. The zero-order chi connectivity index (χ0) is 30.0. The summed E-state index contributed by atoms with van der Waals surface area (Å²) < 4.78 is 1.84. The molecule has 10 nitrogen and oxygen atoms in total. The Morgan fingerprint density at radius 1 is 1.17 bits per heavy atom. The summed E-state index contributed by atoms with van der Waals surface area (Å²) in [5, 5.41) is 12.6. The first kappa shape index (κ1) is 29.4. The topological polar surface area (TPSA) is 124 Å².